The summed E-state index contributed by atoms with van der Waals surface area (Å²) in [5, 5.41) is 13.7. The van der Waals surface area contributed by atoms with Gasteiger partial charge in [0.15, 0.2) is 0 Å². The van der Waals surface area contributed by atoms with Crippen molar-refractivity contribution in [2.75, 3.05) is 13.7 Å². The minimum atomic E-state index is -0.549. The van der Waals surface area contributed by atoms with Crippen molar-refractivity contribution in [2.45, 2.75) is 26.0 Å². The summed E-state index contributed by atoms with van der Waals surface area (Å²) in [6, 6.07) is 16.0. The van der Waals surface area contributed by atoms with E-state index in [1.807, 2.05) is 36.4 Å². The van der Waals surface area contributed by atoms with Crippen LogP contribution in [0.25, 0.3) is 0 Å². The molecule has 0 aliphatic carbocycles. The molecule has 0 spiro atoms. The summed E-state index contributed by atoms with van der Waals surface area (Å²) in [5.41, 5.74) is 3.38. The van der Waals surface area contributed by atoms with Gasteiger partial charge in [0.25, 0.3) is 0 Å². The first-order valence-corrected chi connectivity index (χ1v) is 7.22. The molecule has 0 saturated heterocycles. The fourth-order valence-electron chi connectivity index (χ4n) is 2.44. The van der Waals surface area contributed by atoms with Crippen LogP contribution in [-0.4, -0.2) is 18.8 Å². The maximum absolute atomic E-state index is 10.3. The lowest BCUT2D eigenvalue weighted by Gasteiger charge is -2.19. The number of aryl methyl sites for hydroxylation is 1. The summed E-state index contributed by atoms with van der Waals surface area (Å²) in [6.07, 6.45) is -0.549. The molecule has 3 heteroatoms. The second-order valence-electron chi connectivity index (χ2n) is 5.28. The van der Waals surface area contributed by atoms with Crippen molar-refractivity contribution >= 4 is 0 Å². The Morgan fingerprint density at radius 1 is 1.14 bits per heavy atom. The highest BCUT2D eigenvalue weighted by atomic mass is 16.5. The van der Waals surface area contributed by atoms with Crippen molar-refractivity contribution in [1.82, 2.24) is 5.32 Å². The molecular formula is C18H23NO2. The third kappa shape index (κ3) is 4.06. The highest BCUT2D eigenvalue weighted by molar-refractivity contribution is 5.30. The minimum absolute atomic E-state index is 0.200. The first kappa shape index (κ1) is 15.5. The molecule has 0 saturated carbocycles. The number of methoxy groups -OCH3 is 1. The van der Waals surface area contributed by atoms with E-state index < -0.39 is 6.10 Å². The van der Waals surface area contributed by atoms with Gasteiger partial charge in [-0.05, 0) is 42.7 Å². The standard InChI is InChI=1S/C18H23NO2/c1-13-7-4-5-10-17(13)14(2)19-12-18(20)15-8-6-9-16(11-15)21-3/h4-11,14,18-20H,12H2,1-3H3. The molecule has 0 amide bonds. The summed E-state index contributed by atoms with van der Waals surface area (Å²) in [7, 11) is 1.63. The van der Waals surface area contributed by atoms with Crippen LogP contribution in [0.4, 0.5) is 0 Å². The lowest BCUT2D eigenvalue weighted by molar-refractivity contribution is 0.170. The van der Waals surface area contributed by atoms with Crippen LogP contribution in [0.1, 0.15) is 35.8 Å². The topological polar surface area (TPSA) is 41.5 Å². The zero-order valence-electron chi connectivity index (χ0n) is 12.8. The Morgan fingerprint density at radius 2 is 1.90 bits per heavy atom. The number of rotatable bonds is 6. The molecule has 112 valence electrons. The van der Waals surface area contributed by atoms with Crippen LogP contribution in [0.15, 0.2) is 48.5 Å². The Balaban J connectivity index is 1.97. The zero-order chi connectivity index (χ0) is 15.2. The highest BCUT2D eigenvalue weighted by Crippen LogP contribution is 2.21. The molecule has 0 aliphatic heterocycles. The molecule has 2 aromatic rings. The van der Waals surface area contributed by atoms with Crippen LogP contribution in [0.5, 0.6) is 5.75 Å². The van der Waals surface area contributed by atoms with Crippen molar-refractivity contribution in [3.8, 4) is 5.75 Å². The summed E-state index contributed by atoms with van der Waals surface area (Å²) in [4.78, 5) is 0. The van der Waals surface area contributed by atoms with Gasteiger partial charge in [-0.25, -0.2) is 0 Å². The van der Waals surface area contributed by atoms with Crippen molar-refractivity contribution < 1.29 is 9.84 Å². The van der Waals surface area contributed by atoms with E-state index in [2.05, 4.69) is 31.3 Å². The molecule has 0 heterocycles. The quantitative estimate of drug-likeness (QED) is 0.855. The van der Waals surface area contributed by atoms with E-state index in [9.17, 15) is 5.11 Å². The molecule has 0 aliphatic rings. The molecule has 2 aromatic carbocycles. The Kier molecular flexibility index (Phi) is 5.37. The Labute approximate surface area is 126 Å². The molecule has 0 aromatic heterocycles. The van der Waals surface area contributed by atoms with Crippen LogP contribution >= 0.6 is 0 Å². The third-order valence-electron chi connectivity index (χ3n) is 3.75. The van der Waals surface area contributed by atoms with Gasteiger partial charge in [-0.1, -0.05) is 36.4 Å². The number of hydrogen-bond donors (Lipinski definition) is 2. The second kappa shape index (κ2) is 7.25. The average Bonchev–Trinajstić information content (AvgIpc) is 2.52. The maximum atomic E-state index is 10.3. The molecule has 21 heavy (non-hydrogen) atoms. The minimum Gasteiger partial charge on any atom is -0.497 e. The van der Waals surface area contributed by atoms with Crippen molar-refractivity contribution in [2.24, 2.45) is 0 Å². The van der Waals surface area contributed by atoms with Gasteiger partial charge in [0.2, 0.25) is 0 Å². The maximum Gasteiger partial charge on any atom is 0.119 e. The normalized spacial score (nSPS) is 13.7. The van der Waals surface area contributed by atoms with Crippen LogP contribution < -0.4 is 10.1 Å². The molecule has 2 unspecified atom stereocenters. The first-order valence-electron chi connectivity index (χ1n) is 7.22. The summed E-state index contributed by atoms with van der Waals surface area (Å²) in [6.45, 7) is 4.72. The molecule has 3 nitrogen and oxygen atoms in total. The first-order chi connectivity index (χ1) is 10.1. The Hall–Kier alpha value is -1.84. The predicted molar refractivity (Wildman–Crippen MR) is 85.6 cm³/mol. The van der Waals surface area contributed by atoms with E-state index in [1.54, 1.807) is 7.11 Å². The molecule has 0 fully saturated rings. The monoisotopic (exact) mass is 285 g/mol. The number of aliphatic hydroxyl groups excluding tert-OH is 1. The van der Waals surface area contributed by atoms with Gasteiger partial charge in [0.05, 0.1) is 13.2 Å². The number of aliphatic hydroxyl groups is 1. The predicted octanol–water partition coefficient (Wildman–Crippen LogP) is 3.39. The van der Waals surface area contributed by atoms with E-state index >= 15 is 0 Å². The lowest BCUT2D eigenvalue weighted by atomic mass is 10.0. The number of benzene rings is 2. The molecular weight excluding hydrogens is 262 g/mol. The van der Waals surface area contributed by atoms with Gasteiger partial charge in [-0.15, -0.1) is 0 Å². The fraction of sp³-hybridized carbons (Fsp3) is 0.333. The van der Waals surface area contributed by atoms with E-state index in [0.717, 1.165) is 11.3 Å². The third-order valence-corrected chi connectivity index (χ3v) is 3.75. The van der Waals surface area contributed by atoms with Gasteiger partial charge in [-0.2, -0.15) is 0 Å². The molecule has 2 N–H and O–H groups in total. The fourth-order valence-corrected chi connectivity index (χ4v) is 2.44. The molecule has 2 rings (SSSR count). The van der Waals surface area contributed by atoms with Gasteiger partial charge in [-0.3, -0.25) is 0 Å². The summed E-state index contributed by atoms with van der Waals surface area (Å²) in [5.74, 6) is 0.763. The van der Waals surface area contributed by atoms with Crippen LogP contribution in [0.3, 0.4) is 0 Å². The lowest BCUT2D eigenvalue weighted by Crippen LogP contribution is -2.25. The number of hydrogen-bond acceptors (Lipinski definition) is 3. The van der Waals surface area contributed by atoms with Gasteiger partial charge in [0, 0.05) is 12.6 Å². The molecule has 0 radical (unpaired) electrons. The number of nitrogens with one attached hydrogen (secondary N) is 1. The van der Waals surface area contributed by atoms with Crippen molar-refractivity contribution in [3.63, 3.8) is 0 Å². The van der Waals surface area contributed by atoms with Gasteiger partial charge in [0.1, 0.15) is 5.75 Å². The summed E-state index contributed by atoms with van der Waals surface area (Å²) < 4.78 is 5.18. The Morgan fingerprint density at radius 3 is 2.62 bits per heavy atom. The Bertz CT molecular complexity index is 583. The van der Waals surface area contributed by atoms with E-state index in [0.29, 0.717) is 6.54 Å². The average molecular weight is 285 g/mol. The number of ether oxygens (including phenoxy) is 1. The van der Waals surface area contributed by atoms with Crippen LogP contribution in [0, 0.1) is 6.92 Å². The van der Waals surface area contributed by atoms with E-state index in [-0.39, 0.29) is 6.04 Å². The highest BCUT2D eigenvalue weighted by Gasteiger charge is 2.12. The zero-order valence-corrected chi connectivity index (χ0v) is 12.8. The van der Waals surface area contributed by atoms with E-state index in [4.69, 9.17) is 4.74 Å². The summed E-state index contributed by atoms with van der Waals surface area (Å²) >= 11 is 0. The SMILES string of the molecule is COc1cccc(C(O)CNC(C)c2ccccc2C)c1. The van der Waals surface area contributed by atoms with E-state index in [1.165, 1.54) is 11.1 Å². The van der Waals surface area contributed by atoms with Crippen LogP contribution in [0.2, 0.25) is 0 Å². The molecule has 0 bridgehead atoms. The van der Waals surface area contributed by atoms with Gasteiger partial charge >= 0.3 is 0 Å². The van der Waals surface area contributed by atoms with Gasteiger partial charge < -0.3 is 15.2 Å². The van der Waals surface area contributed by atoms with Crippen molar-refractivity contribution in [3.05, 3.63) is 65.2 Å². The smallest absolute Gasteiger partial charge is 0.119 e. The van der Waals surface area contributed by atoms with Crippen molar-refractivity contribution in [1.29, 1.82) is 0 Å². The second-order valence-corrected chi connectivity index (χ2v) is 5.28. The largest absolute Gasteiger partial charge is 0.497 e. The van der Waals surface area contributed by atoms with Crippen LogP contribution in [-0.2, 0) is 0 Å². The molecule has 2 atom stereocenters.